The molecule has 0 fully saturated rings. The molecule has 0 spiro atoms. The van der Waals surface area contributed by atoms with Gasteiger partial charge in [-0.3, -0.25) is 0 Å². The van der Waals surface area contributed by atoms with Gasteiger partial charge in [0.25, 0.3) is 0 Å². The maximum Gasteiger partial charge on any atom is 0.212 e. The monoisotopic (exact) mass is 298 g/mol. The number of hydrogen-bond acceptors (Lipinski definition) is 0. The standard InChI is InChI=1S/C24H10/c1-7-23(8-2,9-3)19-17-21-13-15-22(16-14-21)18-20-24(10-4,11-5)12-6/h1-6,13-16H. The summed E-state index contributed by atoms with van der Waals surface area (Å²) in [7, 11) is 0. The second kappa shape index (κ2) is 7.64. The Morgan fingerprint density at radius 1 is 0.500 bits per heavy atom. The third-order valence-electron chi connectivity index (χ3n) is 2.97. The number of benzene rings is 1. The second-order valence-electron chi connectivity index (χ2n) is 4.44. The van der Waals surface area contributed by atoms with Crippen LogP contribution in [0.15, 0.2) is 24.3 Å². The summed E-state index contributed by atoms with van der Waals surface area (Å²) in [4.78, 5) is 0. The van der Waals surface area contributed by atoms with Crippen LogP contribution in [0, 0.1) is 109 Å². The highest BCUT2D eigenvalue weighted by molar-refractivity contribution is 5.52. The molecule has 0 saturated carbocycles. The summed E-state index contributed by atoms with van der Waals surface area (Å²) in [6.45, 7) is 0. The van der Waals surface area contributed by atoms with Gasteiger partial charge in [-0.05, 0) is 24.3 Å². The normalized spacial score (nSPS) is 8.75. The van der Waals surface area contributed by atoms with E-state index in [9.17, 15) is 0 Å². The average Bonchev–Trinajstić information content (AvgIpc) is 2.66. The lowest BCUT2D eigenvalue weighted by Gasteiger charge is -2.05. The molecule has 24 heavy (non-hydrogen) atoms. The molecule has 0 amide bonds. The van der Waals surface area contributed by atoms with Crippen LogP contribution in [0.4, 0.5) is 0 Å². The van der Waals surface area contributed by atoms with Crippen LogP contribution in [-0.2, 0) is 0 Å². The Bertz CT molecular complexity index is 851. The minimum Gasteiger partial charge on any atom is -0.116 e. The molecule has 0 unspecified atom stereocenters. The van der Waals surface area contributed by atoms with Gasteiger partial charge in [-0.25, -0.2) is 0 Å². The van der Waals surface area contributed by atoms with Crippen molar-refractivity contribution in [2.45, 2.75) is 0 Å². The smallest absolute Gasteiger partial charge is 0.116 e. The SMILES string of the molecule is C#CC(C#C)(C#C)C#Cc1ccc(C#CC(C#C)(C#C)C#C)cc1. The lowest BCUT2D eigenvalue weighted by molar-refractivity contribution is 0.992. The van der Waals surface area contributed by atoms with Crippen LogP contribution in [0.5, 0.6) is 0 Å². The number of terminal acetylenes is 6. The highest BCUT2D eigenvalue weighted by Crippen LogP contribution is 2.13. The maximum atomic E-state index is 5.33. The molecular weight excluding hydrogens is 288 g/mol. The summed E-state index contributed by atoms with van der Waals surface area (Å²) < 4.78 is 0. The van der Waals surface area contributed by atoms with E-state index >= 15 is 0 Å². The van der Waals surface area contributed by atoms with Gasteiger partial charge in [0.2, 0.25) is 10.8 Å². The van der Waals surface area contributed by atoms with E-state index in [-0.39, 0.29) is 0 Å². The van der Waals surface area contributed by atoms with Crippen LogP contribution >= 0.6 is 0 Å². The van der Waals surface area contributed by atoms with Crippen molar-refractivity contribution in [1.29, 1.82) is 0 Å². The van der Waals surface area contributed by atoms with Gasteiger partial charge in [-0.15, -0.1) is 38.5 Å². The quantitative estimate of drug-likeness (QED) is 0.644. The molecule has 0 radical (unpaired) electrons. The van der Waals surface area contributed by atoms with E-state index in [4.69, 9.17) is 38.5 Å². The van der Waals surface area contributed by atoms with Crippen molar-refractivity contribution in [2.24, 2.45) is 10.8 Å². The predicted molar refractivity (Wildman–Crippen MR) is 98.1 cm³/mol. The van der Waals surface area contributed by atoms with Crippen LogP contribution in [0.3, 0.4) is 0 Å². The topological polar surface area (TPSA) is 0 Å². The fourth-order valence-electron chi connectivity index (χ4n) is 1.44. The molecule has 0 aliphatic heterocycles. The Kier molecular flexibility index (Phi) is 5.65. The van der Waals surface area contributed by atoms with E-state index in [2.05, 4.69) is 59.2 Å². The van der Waals surface area contributed by atoms with Crippen molar-refractivity contribution in [1.82, 2.24) is 0 Å². The number of rotatable bonds is 0. The van der Waals surface area contributed by atoms with Gasteiger partial charge in [0.15, 0.2) is 0 Å². The lowest BCUT2D eigenvalue weighted by atomic mass is 9.91. The molecule has 0 heterocycles. The Hall–Kier alpha value is -4.30. The highest BCUT2D eigenvalue weighted by Gasteiger charge is 2.17. The Morgan fingerprint density at radius 2 is 0.750 bits per heavy atom. The van der Waals surface area contributed by atoms with Crippen molar-refractivity contribution < 1.29 is 0 Å². The zero-order valence-electron chi connectivity index (χ0n) is 12.8. The summed E-state index contributed by atoms with van der Waals surface area (Å²) in [6.07, 6.45) is 32.0. The van der Waals surface area contributed by atoms with Crippen molar-refractivity contribution in [3.63, 3.8) is 0 Å². The maximum absolute atomic E-state index is 5.33. The van der Waals surface area contributed by atoms with E-state index in [1.165, 1.54) is 0 Å². The van der Waals surface area contributed by atoms with Gasteiger partial charge >= 0.3 is 0 Å². The first-order valence-electron chi connectivity index (χ1n) is 6.55. The van der Waals surface area contributed by atoms with Gasteiger partial charge in [0, 0.05) is 11.1 Å². The zero-order valence-corrected chi connectivity index (χ0v) is 12.8. The molecule has 0 aromatic heterocycles. The first-order chi connectivity index (χ1) is 11.5. The Balaban J connectivity index is 3.13. The first-order valence-corrected chi connectivity index (χ1v) is 6.55. The fourth-order valence-corrected chi connectivity index (χ4v) is 1.44. The van der Waals surface area contributed by atoms with Crippen LogP contribution in [0.2, 0.25) is 0 Å². The Labute approximate surface area is 144 Å². The second-order valence-corrected chi connectivity index (χ2v) is 4.44. The van der Waals surface area contributed by atoms with Crippen LogP contribution in [0.1, 0.15) is 11.1 Å². The minimum atomic E-state index is -1.32. The highest BCUT2D eigenvalue weighted by atomic mass is 14.1. The molecule has 0 aliphatic carbocycles. The first kappa shape index (κ1) is 17.8. The average molecular weight is 298 g/mol. The summed E-state index contributed by atoms with van der Waals surface area (Å²) in [5.74, 6) is 25.1. The molecule has 0 atom stereocenters. The van der Waals surface area contributed by atoms with Crippen molar-refractivity contribution >= 4 is 0 Å². The van der Waals surface area contributed by atoms with Gasteiger partial charge in [0.1, 0.15) is 0 Å². The van der Waals surface area contributed by atoms with Gasteiger partial charge < -0.3 is 0 Å². The molecule has 0 aliphatic rings. The molecule has 0 bridgehead atoms. The van der Waals surface area contributed by atoms with E-state index in [0.717, 1.165) is 0 Å². The van der Waals surface area contributed by atoms with Crippen molar-refractivity contribution in [3.05, 3.63) is 35.4 Å². The molecular formula is C24H10. The zero-order chi connectivity index (χ0) is 18.1. The molecule has 1 aromatic rings. The molecule has 0 N–H and O–H groups in total. The predicted octanol–water partition coefficient (Wildman–Crippen LogP) is 2.16. The van der Waals surface area contributed by atoms with E-state index in [0.29, 0.717) is 11.1 Å². The third-order valence-corrected chi connectivity index (χ3v) is 2.97. The third kappa shape index (κ3) is 3.87. The minimum absolute atomic E-state index is 0.683. The summed E-state index contributed by atoms with van der Waals surface area (Å²) in [5.41, 5.74) is -1.26. The van der Waals surface area contributed by atoms with Crippen LogP contribution < -0.4 is 0 Å². The molecule has 0 nitrogen and oxygen atoms in total. The van der Waals surface area contributed by atoms with Crippen LogP contribution in [0.25, 0.3) is 0 Å². The van der Waals surface area contributed by atoms with Crippen molar-refractivity contribution in [2.75, 3.05) is 0 Å². The molecule has 0 heteroatoms. The van der Waals surface area contributed by atoms with E-state index in [1.807, 2.05) is 0 Å². The number of hydrogen-bond donors (Lipinski definition) is 0. The Morgan fingerprint density at radius 3 is 0.958 bits per heavy atom. The van der Waals surface area contributed by atoms with Gasteiger partial charge in [0.05, 0.1) is 0 Å². The lowest BCUT2D eigenvalue weighted by Crippen LogP contribution is -2.09. The van der Waals surface area contributed by atoms with E-state index < -0.39 is 10.8 Å². The largest absolute Gasteiger partial charge is 0.212 e. The molecule has 1 aromatic carbocycles. The van der Waals surface area contributed by atoms with Gasteiger partial charge in [-0.2, -0.15) is 0 Å². The van der Waals surface area contributed by atoms with Gasteiger partial charge in [-0.1, -0.05) is 59.2 Å². The van der Waals surface area contributed by atoms with E-state index in [1.54, 1.807) is 24.3 Å². The summed E-state index contributed by atoms with van der Waals surface area (Å²) in [6, 6.07) is 6.98. The molecule has 1 rings (SSSR count). The van der Waals surface area contributed by atoms with Crippen molar-refractivity contribution in [3.8, 4) is 97.7 Å². The molecule has 106 valence electrons. The molecule has 0 saturated heterocycles. The fraction of sp³-hybridized carbons (Fsp3) is 0.0833. The summed E-state index contributed by atoms with van der Waals surface area (Å²) in [5, 5.41) is 0. The summed E-state index contributed by atoms with van der Waals surface area (Å²) >= 11 is 0. The van der Waals surface area contributed by atoms with Crippen LogP contribution in [-0.4, -0.2) is 0 Å².